The number of nitrogens with one attached hydrogen (secondary N) is 1. The van der Waals surface area contributed by atoms with E-state index in [1.54, 1.807) is 6.92 Å². The molecule has 0 fully saturated rings. The lowest BCUT2D eigenvalue weighted by molar-refractivity contribution is -0.119. The summed E-state index contributed by atoms with van der Waals surface area (Å²) >= 11 is 0. The molecule has 0 heterocycles. The highest BCUT2D eigenvalue weighted by atomic mass is 16.1. The van der Waals surface area contributed by atoms with E-state index >= 15 is 0 Å². The molecule has 2 heteroatoms. The third-order valence-electron chi connectivity index (χ3n) is 3.53. The quantitative estimate of drug-likeness (QED) is 0.568. The molecule has 1 atom stereocenters. The minimum absolute atomic E-state index is 0.0984. The Bertz CT molecular complexity index is 203. The molecule has 2 nitrogen and oxygen atoms in total. The van der Waals surface area contributed by atoms with Crippen molar-refractivity contribution in [2.45, 2.75) is 79.1 Å². The van der Waals surface area contributed by atoms with Gasteiger partial charge in [-0.3, -0.25) is 4.79 Å². The zero-order valence-electron chi connectivity index (χ0n) is 12.3. The fraction of sp³-hybridized carbons (Fsp3) is 0.933. The summed E-state index contributed by atoms with van der Waals surface area (Å²) in [5.74, 6) is 0.0984. The Labute approximate surface area is 108 Å². The first kappa shape index (κ1) is 16.5. The lowest BCUT2D eigenvalue weighted by atomic mass is 9.80. The van der Waals surface area contributed by atoms with Gasteiger partial charge in [-0.1, -0.05) is 59.3 Å². The molecule has 0 saturated heterocycles. The molecule has 1 N–H and O–H groups in total. The Morgan fingerprint density at radius 2 is 1.59 bits per heavy atom. The van der Waals surface area contributed by atoms with Gasteiger partial charge in [-0.15, -0.1) is 0 Å². The Morgan fingerprint density at radius 1 is 1.00 bits per heavy atom. The smallest absolute Gasteiger partial charge is 0.216 e. The minimum atomic E-state index is 0.0984. The first-order valence-corrected chi connectivity index (χ1v) is 7.28. The molecule has 102 valence electrons. The van der Waals surface area contributed by atoms with Gasteiger partial charge < -0.3 is 5.32 Å². The Balaban J connectivity index is 4.03. The van der Waals surface area contributed by atoms with Gasteiger partial charge in [0.2, 0.25) is 5.91 Å². The van der Waals surface area contributed by atoms with Gasteiger partial charge in [-0.05, 0) is 18.3 Å². The summed E-state index contributed by atoms with van der Waals surface area (Å²) in [7, 11) is 0. The standard InChI is InChI=1S/C15H31NO/c1-5-7-9-10-12-15(4,11-8-6-2)13-16-14(3)17/h5-13H2,1-4H3,(H,16,17). The van der Waals surface area contributed by atoms with Crippen LogP contribution in [0.25, 0.3) is 0 Å². The highest BCUT2D eigenvalue weighted by Gasteiger charge is 2.23. The maximum atomic E-state index is 11.0. The molecule has 17 heavy (non-hydrogen) atoms. The zero-order valence-corrected chi connectivity index (χ0v) is 12.3. The fourth-order valence-corrected chi connectivity index (χ4v) is 2.22. The molecule has 0 saturated carbocycles. The van der Waals surface area contributed by atoms with Crippen molar-refractivity contribution in [2.75, 3.05) is 6.54 Å². The van der Waals surface area contributed by atoms with E-state index in [1.807, 2.05) is 0 Å². The second-order valence-electron chi connectivity index (χ2n) is 5.63. The van der Waals surface area contributed by atoms with Crippen LogP contribution in [0.15, 0.2) is 0 Å². The normalized spacial score (nSPS) is 14.4. The molecule has 1 amide bonds. The molecule has 0 rings (SSSR count). The van der Waals surface area contributed by atoms with Crippen LogP contribution in [0.2, 0.25) is 0 Å². The second kappa shape index (κ2) is 9.49. The Hall–Kier alpha value is -0.530. The summed E-state index contributed by atoms with van der Waals surface area (Å²) in [4.78, 5) is 11.0. The van der Waals surface area contributed by atoms with Gasteiger partial charge in [-0.25, -0.2) is 0 Å². The van der Waals surface area contributed by atoms with Crippen LogP contribution >= 0.6 is 0 Å². The van der Waals surface area contributed by atoms with E-state index < -0.39 is 0 Å². The second-order valence-corrected chi connectivity index (χ2v) is 5.63. The number of rotatable bonds is 10. The zero-order chi connectivity index (χ0) is 13.1. The van der Waals surface area contributed by atoms with Crippen molar-refractivity contribution in [1.82, 2.24) is 5.32 Å². The molecule has 0 aromatic carbocycles. The van der Waals surface area contributed by atoms with Crippen molar-refractivity contribution in [2.24, 2.45) is 5.41 Å². The summed E-state index contributed by atoms with van der Waals surface area (Å²) in [6.07, 6.45) is 10.2. The third-order valence-corrected chi connectivity index (χ3v) is 3.53. The lowest BCUT2D eigenvalue weighted by Gasteiger charge is -2.30. The fourth-order valence-electron chi connectivity index (χ4n) is 2.22. The van der Waals surface area contributed by atoms with Crippen molar-refractivity contribution < 1.29 is 4.79 Å². The highest BCUT2D eigenvalue weighted by Crippen LogP contribution is 2.30. The molecule has 1 unspecified atom stereocenters. The van der Waals surface area contributed by atoms with Crippen molar-refractivity contribution in [3.63, 3.8) is 0 Å². The summed E-state index contributed by atoms with van der Waals surface area (Å²) in [5, 5.41) is 3.00. The van der Waals surface area contributed by atoms with Crippen LogP contribution in [0.4, 0.5) is 0 Å². The number of hydrogen-bond donors (Lipinski definition) is 1. The Morgan fingerprint density at radius 3 is 2.12 bits per heavy atom. The third kappa shape index (κ3) is 9.20. The molecule has 0 aromatic rings. The van der Waals surface area contributed by atoms with Crippen LogP contribution in [0.1, 0.15) is 79.1 Å². The number of unbranched alkanes of at least 4 members (excludes halogenated alkanes) is 4. The number of carbonyl (C=O) groups excluding carboxylic acids is 1. The van der Waals surface area contributed by atoms with E-state index in [0.29, 0.717) is 5.41 Å². The summed E-state index contributed by atoms with van der Waals surface area (Å²) in [6.45, 7) is 9.25. The molecular weight excluding hydrogens is 210 g/mol. The average Bonchev–Trinajstić information content (AvgIpc) is 2.30. The highest BCUT2D eigenvalue weighted by molar-refractivity contribution is 5.72. The van der Waals surface area contributed by atoms with Gasteiger partial charge in [0.15, 0.2) is 0 Å². The van der Waals surface area contributed by atoms with E-state index in [1.165, 1.54) is 51.4 Å². The van der Waals surface area contributed by atoms with Crippen LogP contribution in [-0.2, 0) is 4.79 Å². The number of amides is 1. The van der Waals surface area contributed by atoms with E-state index in [-0.39, 0.29) is 5.91 Å². The molecule has 0 bridgehead atoms. The molecular formula is C15H31NO. The molecule has 0 aromatic heterocycles. The summed E-state index contributed by atoms with van der Waals surface area (Å²) in [5.41, 5.74) is 0.301. The van der Waals surface area contributed by atoms with E-state index in [9.17, 15) is 4.79 Å². The summed E-state index contributed by atoms with van der Waals surface area (Å²) < 4.78 is 0. The van der Waals surface area contributed by atoms with Crippen LogP contribution < -0.4 is 5.32 Å². The van der Waals surface area contributed by atoms with Crippen LogP contribution in [0, 0.1) is 5.41 Å². The molecule has 0 aliphatic rings. The van der Waals surface area contributed by atoms with Gasteiger partial charge >= 0.3 is 0 Å². The lowest BCUT2D eigenvalue weighted by Crippen LogP contribution is -2.34. The predicted octanol–water partition coefficient (Wildman–Crippen LogP) is 4.29. The van der Waals surface area contributed by atoms with E-state index in [2.05, 4.69) is 26.1 Å². The maximum Gasteiger partial charge on any atom is 0.216 e. The van der Waals surface area contributed by atoms with E-state index in [4.69, 9.17) is 0 Å². The largest absolute Gasteiger partial charge is 0.356 e. The van der Waals surface area contributed by atoms with Gasteiger partial charge in [-0.2, -0.15) is 0 Å². The number of hydrogen-bond acceptors (Lipinski definition) is 1. The van der Waals surface area contributed by atoms with Crippen molar-refractivity contribution >= 4 is 5.91 Å². The topological polar surface area (TPSA) is 29.1 Å². The van der Waals surface area contributed by atoms with Crippen molar-refractivity contribution in [1.29, 1.82) is 0 Å². The van der Waals surface area contributed by atoms with Crippen LogP contribution in [0.3, 0.4) is 0 Å². The first-order chi connectivity index (χ1) is 8.04. The molecule has 0 radical (unpaired) electrons. The monoisotopic (exact) mass is 241 g/mol. The van der Waals surface area contributed by atoms with Crippen molar-refractivity contribution in [3.8, 4) is 0 Å². The predicted molar refractivity (Wildman–Crippen MR) is 75.1 cm³/mol. The van der Waals surface area contributed by atoms with Crippen molar-refractivity contribution in [3.05, 3.63) is 0 Å². The molecule has 0 aliphatic carbocycles. The first-order valence-electron chi connectivity index (χ1n) is 7.28. The number of carbonyl (C=O) groups is 1. The Kier molecular flexibility index (Phi) is 9.20. The summed E-state index contributed by atoms with van der Waals surface area (Å²) in [6, 6.07) is 0. The SMILES string of the molecule is CCCCCCC(C)(CCCC)CNC(C)=O. The van der Waals surface area contributed by atoms with Gasteiger partial charge in [0, 0.05) is 13.5 Å². The molecule has 0 spiro atoms. The molecule has 0 aliphatic heterocycles. The van der Waals surface area contributed by atoms with Gasteiger partial charge in [0.05, 0.1) is 0 Å². The van der Waals surface area contributed by atoms with Crippen LogP contribution in [0.5, 0.6) is 0 Å². The van der Waals surface area contributed by atoms with Crippen LogP contribution in [-0.4, -0.2) is 12.5 Å². The van der Waals surface area contributed by atoms with Gasteiger partial charge in [0.25, 0.3) is 0 Å². The average molecular weight is 241 g/mol. The van der Waals surface area contributed by atoms with Gasteiger partial charge in [0.1, 0.15) is 0 Å². The minimum Gasteiger partial charge on any atom is -0.356 e. The maximum absolute atomic E-state index is 11.0. The van der Waals surface area contributed by atoms with E-state index in [0.717, 1.165) is 6.54 Å².